The Morgan fingerprint density at radius 3 is 2.91 bits per heavy atom. The van der Waals surface area contributed by atoms with Crippen LogP contribution in [-0.2, 0) is 6.42 Å². The van der Waals surface area contributed by atoms with Crippen LogP contribution in [0.5, 0.6) is 5.75 Å². The largest absolute Gasteiger partial charge is 0.492 e. The molecule has 1 heterocycles. The Kier molecular flexibility index (Phi) is 6.69. The van der Waals surface area contributed by atoms with Crippen molar-refractivity contribution in [2.45, 2.75) is 19.8 Å². The van der Waals surface area contributed by atoms with Gasteiger partial charge < -0.3 is 15.4 Å². The number of aromatic nitrogens is 1. The summed E-state index contributed by atoms with van der Waals surface area (Å²) in [6.45, 7) is 3.17. The zero-order valence-corrected chi connectivity index (χ0v) is 13.8. The summed E-state index contributed by atoms with van der Waals surface area (Å²) in [7, 11) is 0. The molecule has 5 nitrogen and oxygen atoms in total. The van der Waals surface area contributed by atoms with Crippen molar-refractivity contribution in [3.63, 3.8) is 0 Å². The van der Waals surface area contributed by atoms with E-state index < -0.39 is 0 Å². The van der Waals surface area contributed by atoms with Crippen LogP contribution in [0.4, 0.5) is 10.5 Å². The number of hydrogen-bond donors (Lipinski definition) is 2. The number of benzene rings is 1. The number of nitrogens with zero attached hydrogens (tertiary/aromatic N) is 1. The second kappa shape index (κ2) is 9.00. The van der Waals surface area contributed by atoms with Crippen molar-refractivity contribution < 1.29 is 9.53 Å². The van der Waals surface area contributed by atoms with Gasteiger partial charge in [-0.15, -0.1) is 0 Å². The highest BCUT2D eigenvalue weighted by Gasteiger charge is 2.06. The van der Waals surface area contributed by atoms with Gasteiger partial charge in [-0.25, -0.2) is 4.79 Å². The molecule has 23 heavy (non-hydrogen) atoms. The van der Waals surface area contributed by atoms with Crippen molar-refractivity contribution >= 4 is 23.3 Å². The van der Waals surface area contributed by atoms with E-state index in [1.165, 1.54) is 0 Å². The van der Waals surface area contributed by atoms with Gasteiger partial charge in [0.1, 0.15) is 5.75 Å². The maximum absolute atomic E-state index is 11.9. The summed E-state index contributed by atoms with van der Waals surface area (Å²) >= 11 is 6.13. The molecule has 0 bridgehead atoms. The number of amides is 2. The van der Waals surface area contributed by atoms with Gasteiger partial charge in [-0.2, -0.15) is 0 Å². The molecule has 0 aliphatic heterocycles. The lowest BCUT2D eigenvalue weighted by atomic mass is 10.2. The minimum atomic E-state index is -0.271. The molecule has 122 valence electrons. The summed E-state index contributed by atoms with van der Waals surface area (Å²) < 4.78 is 5.49. The lowest BCUT2D eigenvalue weighted by Crippen LogP contribution is -2.30. The predicted octanol–water partition coefficient (Wildman–Crippen LogP) is 3.89. The minimum absolute atomic E-state index is 0.271. The highest BCUT2D eigenvalue weighted by molar-refractivity contribution is 6.32. The first-order chi connectivity index (χ1) is 11.2. The normalized spacial score (nSPS) is 10.2. The molecule has 2 rings (SSSR count). The number of nitrogens with one attached hydrogen (secondary N) is 2. The summed E-state index contributed by atoms with van der Waals surface area (Å²) in [5.41, 5.74) is 1.70. The number of carbonyl (C=O) groups excluding carboxylic acids is 1. The maximum Gasteiger partial charge on any atom is 0.319 e. The van der Waals surface area contributed by atoms with E-state index in [-0.39, 0.29) is 6.03 Å². The van der Waals surface area contributed by atoms with Gasteiger partial charge in [-0.05, 0) is 42.7 Å². The number of pyridine rings is 1. The van der Waals surface area contributed by atoms with Crippen LogP contribution in [0, 0.1) is 0 Å². The van der Waals surface area contributed by atoms with E-state index in [4.69, 9.17) is 16.3 Å². The predicted molar refractivity (Wildman–Crippen MR) is 92.2 cm³/mol. The summed E-state index contributed by atoms with van der Waals surface area (Å²) in [6, 6.07) is 8.77. The molecular weight excluding hydrogens is 314 g/mol. The number of ether oxygens (including phenoxy) is 1. The Hall–Kier alpha value is -2.27. The third-order valence-electron chi connectivity index (χ3n) is 3.07. The highest BCUT2D eigenvalue weighted by atomic mass is 35.5. The fourth-order valence-corrected chi connectivity index (χ4v) is 2.18. The average molecular weight is 334 g/mol. The number of rotatable bonds is 7. The van der Waals surface area contributed by atoms with Gasteiger partial charge in [0, 0.05) is 24.6 Å². The van der Waals surface area contributed by atoms with E-state index in [0.717, 1.165) is 18.4 Å². The smallest absolute Gasteiger partial charge is 0.319 e. The molecule has 0 radical (unpaired) electrons. The van der Waals surface area contributed by atoms with Gasteiger partial charge in [0.05, 0.1) is 11.6 Å². The molecule has 6 heteroatoms. The topological polar surface area (TPSA) is 63.2 Å². The second-order valence-electron chi connectivity index (χ2n) is 4.99. The Balaban J connectivity index is 1.79. The number of anilines is 1. The first-order valence-electron chi connectivity index (χ1n) is 7.55. The van der Waals surface area contributed by atoms with E-state index in [9.17, 15) is 4.79 Å². The van der Waals surface area contributed by atoms with Crippen molar-refractivity contribution in [1.29, 1.82) is 0 Å². The molecule has 0 fully saturated rings. The Labute approximate surface area is 141 Å². The van der Waals surface area contributed by atoms with Crippen molar-refractivity contribution in [3.8, 4) is 5.75 Å². The van der Waals surface area contributed by atoms with Crippen molar-refractivity contribution in [2.24, 2.45) is 0 Å². The summed E-state index contributed by atoms with van der Waals surface area (Å²) in [6.07, 6.45) is 5.15. The van der Waals surface area contributed by atoms with Crippen molar-refractivity contribution in [1.82, 2.24) is 10.3 Å². The van der Waals surface area contributed by atoms with Crippen molar-refractivity contribution in [2.75, 3.05) is 18.5 Å². The van der Waals surface area contributed by atoms with E-state index in [2.05, 4.69) is 15.6 Å². The number of halogens is 1. The van der Waals surface area contributed by atoms with Gasteiger partial charge >= 0.3 is 6.03 Å². The zero-order valence-electron chi connectivity index (χ0n) is 13.0. The number of urea groups is 1. The summed E-state index contributed by atoms with van der Waals surface area (Å²) in [5.74, 6) is 0.621. The fourth-order valence-electron chi connectivity index (χ4n) is 1.95. The van der Waals surface area contributed by atoms with Gasteiger partial charge in [-0.3, -0.25) is 4.98 Å². The highest BCUT2D eigenvalue weighted by Crippen LogP contribution is 2.27. The molecule has 2 N–H and O–H groups in total. The molecular formula is C17H20ClN3O2. The van der Waals surface area contributed by atoms with Crippen LogP contribution in [0.2, 0.25) is 5.02 Å². The lowest BCUT2D eigenvalue weighted by molar-refractivity contribution is 0.252. The third-order valence-corrected chi connectivity index (χ3v) is 3.37. The molecule has 0 spiro atoms. The van der Waals surface area contributed by atoms with Crippen molar-refractivity contribution in [3.05, 3.63) is 53.3 Å². The Morgan fingerprint density at radius 1 is 1.35 bits per heavy atom. The number of carbonyl (C=O) groups is 1. The van der Waals surface area contributed by atoms with Crippen LogP contribution >= 0.6 is 11.6 Å². The molecule has 2 aromatic rings. The molecule has 0 aliphatic carbocycles. The molecule has 0 saturated carbocycles. The molecule has 1 aromatic carbocycles. The van der Waals surface area contributed by atoms with Crippen LogP contribution < -0.4 is 15.4 Å². The van der Waals surface area contributed by atoms with Gasteiger partial charge in [0.25, 0.3) is 0 Å². The quantitative estimate of drug-likeness (QED) is 0.808. The average Bonchev–Trinajstić information content (AvgIpc) is 2.55. The van der Waals surface area contributed by atoms with Crippen LogP contribution in [0.15, 0.2) is 42.7 Å². The van der Waals surface area contributed by atoms with E-state index in [0.29, 0.717) is 29.6 Å². The molecule has 0 atom stereocenters. The monoisotopic (exact) mass is 333 g/mol. The first kappa shape index (κ1) is 17.1. The van der Waals surface area contributed by atoms with Crippen LogP contribution in [-0.4, -0.2) is 24.2 Å². The fraction of sp³-hybridized carbons (Fsp3) is 0.294. The maximum atomic E-state index is 11.9. The SMILES string of the molecule is CCCOc1ccc(NC(=O)NCCc2cccnc2)cc1Cl. The molecule has 1 aromatic heterocycles. The molecule has 0 aliphatic rings. The van der Waals surface area contributed by atoms with E-state index >= 15 is 0 Å². The minimum Gasteiger partial charge on any atom is -0.492 e. The zero-order chi connectivity index (χ0) is 16.5. The van der Waals surface area contributed by atoms with Crippen LogP contribution in [0.25, 0.3) is 0 Å². The van der Waals surface area contributed by atoms with Gasteiger partial charge in [0.2, 0.25) is 0 Å². The molecule has 2 amide bonds. The standard InChI is InChI=1S/C17H20ClN3O2/c1-2-10-23-16-6-5-14(11-15(16)18)21-17(22)20-9-7-13-4-3-8-19-12-13/h3-6,8,11-12H,2,7,9-10H2,1H3,(H2,20,21,22). The molecule has 0 saturated heterocycles. The van der Waals surface area contributed by atoms with E-state index in [1.807, 2.05) is 19.1 Å². The van der Waals surface area contributed by atoms with Gasteiger partial charge in [-0.1, -0.05) is 24.6 Å². The number of hydrogen-bond acceptors (Lipinski definition) is 3. The Bertz CT molecular complexity index is 635. The molecule has 0 unspecified atom stereocenters. The lowest BCUT2D eigenvalue weighted by Gasteiger charge is -2.10. The summed E-state index contributed by atoms with van der Waals surface area (Å²) in [5, 5.41) is 6.02. The Morgan fingerprint density at radius 2 is 2.22 bits per heavy atom. The van der Waals surface area contributed by atoms with Crippen LogP contribution in [0.1, 0.15) is 18.9 Å². The third kappa shape index (κ3) is 5.79. The van der Waals surface area contributed by atoms with E-state index in [1.54, 1.807) is 30.6 Å². The second-order valence-corrected chi connectivity index (χ2v) is 5.39. The van der Waals surface area contributed by atoms with Gasteiger partial charge in [0.15, 0.2) is 0 Å². The van der Waals surface area contributed by atoms with Crippen LogP contribution in [0.3, 0.4) is 0 Å². The summed E-state index contributed by atoms with van der Waals surface area (Å²) in [4.78, 5) is 15.9. The first-order valence-corrected chi connectivity index (χ1v) is 7.93.